The molecular weight excluding hydrogens is 349 g/mol. The number of H-pyrrole nitrogens is 1. The molecule has 2 aromatic carbocycles. The third-order valence-corrected chi connectivity index (χ3v) is 4.07. The van der Waals surface area contributed by atoms with E-state index in [1.807, 2.05) is 66.5 Å². The Balaban J connectivity index is 1.98. The average Bonchev–Trinajstić information content (AvgIpc) is 3.11. The summed E-state index contributed by atoms with van der Waals surface area (Å²) in [6, 6.07) is 16.6. The van der Waals surface area contributed by atoms with E-state index in [-0.39, 0.29) is 11.7 Å². The van der Waals surface area contributed by atoms with E-state index in [9.17, 15) is 14.0 Å². The lowest BCUT2D eigenvalue weighted by Gasteiger charge is -2.04. The van der Waals surface area contributed by atoms with Crippen molar-refractivity contribution in [3.8, 4) is 28.6 Å². The number of halogens is 1. The summed E-state index contributed by atoms with van der Waals surface area (Å²) in [6.45, 7) is 1.95. The lowest BCUT2D eigenvalue weighted by Crippen LogP contribution is -2.30. The molecule has 0 aliphatic heterocycles. The molecule has 4 rings (SSSR count). The monoisotopic (exact) mass is 363 g/mol. The number of nitrogens with one attached hydrogen (secondary N) is 1. The highest BCUT2D eigenvalue weighted by atomic mass is 19.1. The lowest BCUT2D eigenvalue weighted by molar-refractivity contribution is 0.580. The summed E-state index contributed by atoms with van der Waals surface area (Å²) in [5, 5.41) is 0. The summed E-state index contributed by atoms with van der Waals surface area (Å²) in [5.74, 6) is -0.423. The SMILES string of the molecule is Cc1ccc(-c2oc(-c3ccccc3)nc2-n2cc(F)c(=O)[nH]c2=O)cc1. The van der Waals surface area contributed by atoms with E-state index in [0.29, 0.717) is 16.9 Å². The minimum atomic E-state index is -1.09. The van der Waals surface area contributed by atoms with Crippen LogP contribution < -0.4 is 11.2 Å². The Bertz CT molecular complexity index is 1220. The van der Waals surface area contributed by atoms with Crippen molar-refractivity contribution in [2.75, 3.05) is 0 Å². The van der Waals surface area contributed by atoms with Gasteiger partial charge in [-0.3, -0.25) is 9.78 Å². The standard InChI is InChI=1S/C20H14FN3O3/c1-12-7-9-13(10-8-12)16-17(24-11-15(21)18(25)23-20(24)26)22-19(27-16)14-5-3-2-4-6-14/h2-11H,1H3,(H,23,25,26). The second kappa shape index (κ2) is 6.53. The molecule has 0 fully saturated rings. The van der Waals surface area contributed by atoms with Crippen molar-refractivity contribution in [1.82, 2.24) is 14.5 Å². The number of aromatic amines is 1. The van der Waals surface area contributed by atoms with E-state index in [1.54, 1.807) is 0 Å². The molecule has 0 radical (unpaired) electrons. The Morgan fingerprint density at radius 3 is 2.41 bits per heavy atom. The van der Waals surface area contributed by atoms with Crippen LogP contribution in [0.3, 0.4) is 0 Å². The van der Waals surface area contributed by atoms with Crippen LogP contribution in [0.2, 0.25) is 0 Å². The Morgan fingerprint density at radius 2 is 1.70 bits per heavy atom. The summed E-state index contributed by atoms with van der Waals surface area (Å²) in [4.78, 5) is 29.9. The Morgan fingerprint density at radius 1 is 1.00 bits per heavy atom. The van der Waals surface area contributed by atoms with Gasteiger partial charge in [0.2, 0.25) is 11.7 Å². The van der Waals surface area contributed by atoms with E-state index >= 15 is 0 Å². The number of aryl methyl sites for hydroxylation is 1. The summed E-state index contributed by atoms with van der Waals surface area (Å²) in [6.07, 6.45) is 0.811. The van der Waals surface area contributed by atoms with Crippen LogP contribution in [0.4, 0.5) is 4.39 Å². The smallest absolute Gasteiger partial charge is 0.334 e. The molecule has 0 saturated heterocycles. The zero-order chi connectivity index (χ0) is 19.0. The lowest BCUT2D eigenvalue weighted by atomic mass is 10.1. The molecule has 6 nitrogen and oxygen atoms in total. The van der Waals surface area contributed by atoms with Crippen molar-refractivity contribution in [2.24, 2.45) is 0 Å². The Hall–Kier alpha value is -3.74. The van der Waals surface area contributed by atoms with Gasteiger partial charge in [0.05, 0.1) is 6.20 Å². The molecule has 0 unspecified atom stereocenters. The molecule has 4 aromatic rings. The van der Waals surface area contributed by atoms with Crippen LogP contribution in [0.25, 0.3) is 28.6 Å². The topological polar surface area (TPSA) is 80.9 Å². The van der Waals surface area contributed by atoms with Crippen LogP contribution >= 0.6 is 0 Å². The fourth-order valence-electron chi connectivity index (χ4n) is 2.68. The fraction of sp³-hybridized carbons (Fsp3) is 0.0500. The van der Waals surface area contributed by atoms with Crippen LogP contribution in [0.15, 0.2) is 74.8 Å². The van der Waals surface area contributed by atoms with Crippen molar-refractivity contribution < 1.29 is 8.81 Å². The second-order valence-corrected chi connectivity index (χ2v) is 6.01. The number of rotatable bonds is 3. The first kappa shape index (κ1) is 16.7. The van der Waals surface area contributed by atoms with Crippen LogP contribution in [-0.4, -0.2) is 14.5 Å². The molecule has 0 aliphatic rings. The van der Waals surface area contributed by atoms with Crippen molar-refractivity contribution in [3.63, 3.8) is 0 Å². The number of aromatic nitrogens is 3. The molecule has 2 heterocycles. The van der Waals surface area contributed by atoms with Gasteiger partial charge in [-0.15, -0.1) is 0 Å². The van der Waals surface area contributed by atoms with Gasteiger partial charge in [0, 0.05) is 11.1 Å². The summed E-state index contributed by atoms with van der Waals surface area (Å²) < 4.78 is 20.7. The van der Waals surface area contributed by atoms with Gasteiger partial charge in [-0.1, -0.05) is 48.0 Å². The van der Waals surface area contributed by atoms with E-state index in [4.69, 9.17) is 4.42 Å². The quantitative estimate of drug-likeness (QED) is 0.606. The maximum Gasteiger partial charge on any atom is 0.334 e. The first-order valence-electron chi connectivity index (χ1n) is 8.18. The van der Waals surface area contributed by atoms with Crippen LogP contribution in [0.5, 0.6) is 0 Å². The molecule has 134 valence electrons. The predicted octanol–water partition coefficient (Wildman–Crippen LogP) is 3.30. The number of nitrogens with zero attached hydrogens (tertiary/aromatic N) is 2. The van der Waals surface area contributed by atoms with Gasteiger partial charge >= 0.3 is 5.69 Å². The van der Waals surface area contributed by atoms with E-state index in [1.165, 1.54) is 0 Å². The van der Waals surface area contributed by atoms with E-state index in [0.717, 1.165) is 16.3 Å². The number of oxazole rings is 1. The van der Waals surface area contributed by atoms with Gasteiger partial charge in [-0.05, 0) is 19.1 Å². The van der Waals surface area contributed by atoms with Gasteiger partial charge in [-0.2, -0.15) is 9.37 Å². The highest BCUT2D eigenvalue weighted by Gasteiger charge is 2.20. The number of hydrogen-bond acceptors (Lipinski definition) is 4. The van der Waals surface area contributed by atoms with Gasteiger partial charge < -0.3 is 4.42 Å². The highest BCUT2D eigenvalue weighted by molar-refractivity contribution is 5.69. The summed E-state index contributed by atoms with van der Waals surface area (Å²) in [7, 11) is 0. The summed E-state index contributed by atoms with van der Waals surface area (Å²) >= 11 is 0. The van der Waals surface area contributed by atoms with E-state index in [2.05, 4.69) is 4.98 Å². The van der Waals surface area contributed by atoms with Crippen LogP contribution in [0.1, 0.15) is 5.56 Å². The largest absolute Gasteiger partial charge is 0.434 e. The first-order chi connectivity index (χ1) is 13.0. The third kappa shape index (κ3) is 3.10. The third-order valence-electron chi connectivity index (χ3n) is 4.07. The minimum absolute atomic E-state index is 0.0952. The van der Waals surface area contributed by atoms with Gasteiger partial charge in [0.25, 0.3) is 5.56 Å². The predicted molar refractivity (Wildman–Crippen MR) is 98.3 cm³/mol. The molecule has 0 atom stereocenters. The molecule has 0 spiro atoms. The average molecular weight is 363 g/mol. The minimum Gasteiger partial charge on any atom is -0.434 e. The molecular formula is C20H14FN3O3. The highest BCUT2D eigenvalue weighted by Crippen LogP contribution is 2.31. The molecule has 0 aliphatic carbocycles. The Kier molecular flexibility index (Phi) is 4.04. The second-order valence-electron chi connectivity index (χ2n) is 6.01. The molecule has 1 N–H and O–H groups in total. The van der Waals surface area contributed by atoms with E-state index < -0.39 is 17.1 Å². The van der Waals surface area contributed by atoms with Crippen LogP contribution in [0, 0.1) is 12.7 Å². The number of benzene rings is 2. The van der Waals surface area contributed by atoms with Gasteiger partial charge in [0.15, 0.2) is 11.6 Å². The van der Waals surface area contributed by atoms with Crippen LogP contribution in [-0.2, 0) is 0 Å². The molecule has 2 aromatic heterocycles. The first-order valence-corrected chi connectivity index (χ1v) is 8.18. The molecule has 0 amide bonds. The molecule has 0 bridgehead atoms. The van der Waals surface area contributed by atoms with Crippen molar-refractivity contribution >= 4 is 0 Å². The molecule has 0 saturated carbocycles. The van der Waals surface area contributed by atoms with Gasteiger partial charge in [-0.25, -0.2) is 9.36 Å². The Labute approximate surface area is 152 Å². The van der Waals surface area contributed by atoms with Crippen molar-refractivity contribution in [2.45, 2.75) is 6.92 Å². The van der Waals surface area contributed by atoms with Crippen molar-refractivity contribution in [1.29, 1.82) is 0 Å². The summed E-state index contributed by atoms with van der Waals surface area (Å²) in [5.41, 5.74) is 0.539. The fourth-order valence-corrected chi connectivity index (χ4v) is 2.68. The molecule has 7 heteroatoms. The maximum atomic E-state index is 13.8. The zero-order valence-electron chi connectivity index (χ0n) is 14.3. The zero-order valence-corrected chi connectivity index (χ0v) is 14.3. The van der Waals surface area contributed by atoms with Crippen molar-refractivity contribution in [3.05, 3.63) is 93.0 Å². The normalized spacial score (nSPS) is 10.9. The number of hydrogen-bond donors (Lipinski definition) is 1. The van der Waals surface area contributed by atoms with Gasteiger partial charge in [0.1, 0.15) is 0 Å². The molecule has 27 heavy (non-hydrogen) atoms. The maximum absolute atomic E-state index is 13.8.